The van der Waals surface area contributed by atoms with Gasteiger partial charge in [0, 0.05) is 24.5 Å². The molecule has 1 atom stereocenters. The van der Waals surface area contributed by atoms with Gasteiger partial charge in [-0.1, -0.05) is 17.4 Å². The van der Waals surface area contributed by atoms with Crippen LogP contribution in [0.5, 0.6) is 0 Å². The zero-order chi connectivity index (χ0) is 15.6. The molecule has 0 aliphatic rings. The summed E-state index contributed by atoms with van der Waals surface area (Å²) >= 11 is 0.657. The summed E-state index contributed by atoms with van der Waals surface area (Å²) in [6.45, 7) is 1.65. The molecule has 3 N–H and O–H groups in total. The lowest BCUT2D eigenvalue weighted by Gasteiger charge is -2.12. The first-order valence-electron chi connectivity index (χ1n) is 5.77. The van der Waals surface area contributed by atoms with Gasteiger partial charge in [0.15, 0.2) is 5.00 Å². The van der Waals surface area contributed by atoms with Gasteiger partial charge < -0.3 is 5.73 Å². The van der Waals surface area contributed by atoms with E-state index in [9.17, 15) is 18.5 Å². The van der Waals surface area contributed by atoms with Crippen LogP contribution in [0.3, 0.4) is 0 Å². The molecule has 0 radical (unpaired) electrons. The van der Waals surface area contributed by atoms with Crippen LogP contribution in [0.15, 0.2) is 34.8 Å². The van der Waals surface area contributed by atoms with Crippen molar-refractivity contribution in [3.8, 4) is 0 Å². The number of nitrogens with one attached hydrogen (secondary N) is 1. The number of nitrogens with zero attached hydrogens (tertiary/aromatic N) is 2. The van der Waals surface area contributed by atoms with E-state index in [1.807, 2.05) is 0 Å². The summed E-state index contributed by atoms with van der Waals surface area (Å²) < 4.78 is 26.7. The first-order chi connectivity index (χ1) is 9.81. The number of rotatable bonds is 5. The number of sulfonamides is 1. The Morgan fingerprint density at radius 1 is 1.52 bits per heavy atom. The number of nitrogen functional groups attached to an aromatic ring is 1. The first-order valence-corrected chi connectivity index (χ1v) is 8.07. The summed E-state index contributed by atoms with van der Waals surface area (Å²) in [5.41, 5.74) is 5.73. The zero-order valence-corrected chi connectivity index (χ0v) is 12.5. The maximum absolute atomic E-state index is 12.2. The molecule has 0 aliphatic carbocycles. The molecule has 2 aromatic rings. The van der Waals surface area contributed by atoms with E-state index in [-0.39, 0.29) is 9.21 Å². The van der Waals surface area contributed by atoms with E-state index in [0.717, 1.165) is 6.07 Å². The minimum Gasteiger partial charge on any atom is -0.385 e. The predicted octanol–water partition coefficient (Wildman–Crippen LogP) is 1.67. The van der Waals surface area contributed by atoms with Crippen molar-refractivity contribution >= 4 is 32.0 Å². The molecule has 0 fully saturated rings. The second-order valence-electron chi connectivity index (χ2n) is 4.20. The van der Waals surface area contributed by atoms with Crippen molar-refractivity contribution < 1.29 is 13.3 Å². The van der Waals surface area contributed by atoms with Crippen LogP contribution < -0.4 is 10.5 Å². The van der Waals surface area contributed by atoms with E-state index < -0.39 is 26.7 Å². The molecule has 2 aromatic heterocycles. The second kappa shape index (κ2) is 5.76. The standard InChI is InChI=1S/C11H12N4O4S2/c1-7(8-3-2-4-13-6-8)14-21(18,19)10-5-9(15(16)17)11(12)20-10/h2-7,14H,12H2,1H3. The van der Waals surface area contributed by atoms with E-state index in [0.29, 0.717) is 16.9 Å². The molecule has 0 aromatic carbocycles. The minimum absolute atomic E-state index is 0.144. The van der Waals surface area contributed by atoms with Crippen molar-refractivity contribution in [2.24, 2.45) is 0 Å². The van der Waals surface area contributed by atoms with Crippen molar-refractivity contribution in [2.45, 2.75) is 17.2 Å². The summed E-state index contributed by atoms with van der Waals surface area (Å²) in [4.78, 5) is 13.9. The average molecular weight is 328 g/mol. The van der Waals surface area contributed by atoms with Crippen LogP contribution in [0.2, 0.25) is 0 Å². The van der Waals surface area contributed by atoms with Crippen molar-refractivity contribution in [1.82, 2.24) is 9.71 Å². The van der Waals surface area contributed by atoms with Crippen molar-refractivity contribution in [1.29, 1.82) is 0 Å². The van der Waals surface area contributed by atoms with Gasteiger partial charge in [-0.05, 0) is 18.6 Å². The van der Waals surface area contributed by atoms with Gasteiger partial charge in [-0.15, -0.1) is 0 Å². The SMILES string of the molecule is CC(NS(=O)(=O)c1cc([N+](=O)[O-])c(N)s1)c1cccnc1. The van der Waals surface area contributed by atoms with Gasteiger partial charge in [-0.2, -0.15) is 0 Å². The molecule has 21 heavy (non-hydrogen) atoms. The Bertz CT molecular complexity index is 758. The summed E-state index contributed by atoms with van der Waals surface area (Å²) in [5.74, 6) is 0. The molecule has 0 bridgehead atoms. The largest absolute Gasteiger partial charge is 0.385 e. The molecule has 0 saturated heterocycles. The normalized spacial score (nSPS) is 13.0. The smallest absolute Gasteiger partial charge is 0.304 e. The lowest BCUT2D eigenvalue weighted by Crippen LogP contribution is -2.26. The Morgan fingerprint density at radius 2 is 2.24 bits per heavy atom. The molecule has 0 saturated carbocycles. The van der Waals surface area contributed by atoms with Gasteiger partial charge in [-0.25, -0.2) is 13.1 Å². The van der Waals surface area contributed by atoms with Crippen LogP contribution in [-0.2, 0) is 10.0 Å². The molecule has 8 nitrogen and oxygen atoms in total. The lowest BCUT2D eigenvalue weighted by atomic mass is 10.2. The molecule has 0 spiro atoms. The molecule has 0 aliphatic heterocycles. The third-order valence-corrected chi connectivity index (χ3v) is 5.66. The summed E-state index contributed by atoms with van der Waals surface area (Å²) in [6, 6.07) is 3.85. The van der Waals surface area contributed by atoms with Crippen LogP contribution >= 0.6 is 11.3 Å². The van der Waals surface area contributed by atoms with E-state index in [2.05, 4.69) is 9.71 Å². The molecule has 0 amide bonds. The Labute approximate surface area is 124 Å². The lowest BCUT2D eigenvalue weighted by molar-refractivity contribution is -0.383. The van der Waals surface area contributed by atoms with Crippen LogP contribution in [-0.4, -0.2) is 18.3 Å². The van der Waals surface area contributed by atoms with Crippen molar-refractivity contribution in [2.75, 3.05) is 5.73 Å². The van der Waals surface area contributed by atoms with Gasteiger partial charge >= 0.3 is 5.69 Å². The summed E-state index contributed by atoms with van der Waals surface area (Å²) in [5, 5.41) is 10.6. The number of thiophene rings is 1. The highest BCUT2D eigenvalue weighted by molar-refractivity contribution is 7.91. The monoisotopic (exact) mass is 328 g/mol. The highest BCUT2D eigenvalue weighted by Gasteiger charge is 2.26. The highest BCUT2D eigenvalue weighted by atomic mass is 32.2. The molecule has 112 valence electrons. The fraction of sp³-hybridized carbons (Fsp3) is 0.182. The topological polar surface area (TPSA) is 128 Å². The van der Waals surface area contributed by atoms with Gasteiger partial charge in [0.2, 0.25) is 0 Å². The predicted molar refractivity (Wildman–Crippen MR) is 78.4 cm³/mol. The number of hydrogen-bond donors (Lipinski definition) is 2. The number of nitrogens with two attached hydrogens (primary N) is 1. The number of anilines is 1. The number of pyridine rings is 1. The number of hydrogen-bond acceptors (Lipinski definition) is 7. The Morgan fingerprint density at radius 3 is 2.76 bits per heavy atom. The third kappa shape index (κ3) is 3.35. The van der Waals surface area contributed by atoms with Crippen LogP contribution in [0, 0.1) is 10.1 Å². The second-order valence-corrected chi connectivity index (χ2v) is 7.23. The minimum atomic E-state index is -3.89. The van der Waals surface area contributed by atoms with E-state index in [1.54, 1.807) is 31.5 Å². The Hall–Kier alpha value is -2.04. The van der Waals surface area contributed by atoms with E-state index >= 15 is 0 Å². The fourth-order valence-corrected chi connectivity index (χ4v) is 4.10. The quantitative estimate of drug-likeness (QED) is 0.634. The molecule has 2 rings (SSSR count). The maximum Gasteiger partial charge on any atom is 0.304 e. The van der Waals surface area contributed by atoms with E-state index in [4.69, 9.17) is 5.73 Å². The van der Waals surface area contributed by atoms with Crippen LogP contribution in [0.25, 0.3) is 0 Å². The Balaban J connectivity index is 2.27. The summed E-state index contributed by atoms with van der Waals surface area (Å²) in [6.07, 6.45) is 3.12. The molecular formula is C11H12N4O4S2. The maximum atomic E-state index is 12.2. The van der Waals surface area contributed by atoms with Gasteiger partial charge in [0.25, 0.3) is 10.0 Å². The van der Waals surface area contributed by atoms with Gasteiger partial charge in [-0.3, -0.25) is 15.1 Å². The van der Waals surface area contributed by atoms with Gasteiger partial charge in [0.1, 0.15) is 4.21 Å². The number of aromatic nitrogens is 1. The van der Waals surface area contributed by atoms with Crippen molar-refractivity contribution in [3.05, 3.63) is 46.3 Å². The Kier molecular flexibility index (Phi) is 4.21. The third-order valence-electron chi connectivity index (χ3n) is 2.70. The van der Waals surface area contributed by atoms with Crippen LogP contribution in [0.4, 0.5) is 10.7 Å². The highest BCUT2D eigenvalue weighted by Crippen LogP contribution is 2.34. The average Bonchev–Trinajstić information content (AvgIpc) is 2.82. The number of nitro groups is 1. The zero-order valence-electron chi connectivity index (χ0n) is 10.9. The van der Waals surface area contributed by atoms with Crippen molar-refractivity contribution in [3.63, 3.8) is 0 Å². The van der Waals surface area contributed by atoms with Crippen LogP contribution in [0.1, 0.15) is 18.5 Å². The van der Waals surface area contributed by atoms with E-state index in [1.165, 1.54) is 0 Å². The first kappa shape index (κ1) is 15.4. The summed E-state index contributed by atoms with van der Waals surface area (Å²) in [7, 11) is -3.89. The molecular weight excluding hydrogens is 316 g/mol. The molecule has 1 unspecified atom stereocenters. The van der Waals surface area contributed by atoms with Gasteiger partial charge in [0.05, 0.1) is 4.92 Å². The molecule has 10 heteroatoms. The molecule has 2 heterocycles. The fourth-order valence-electron chi connectivity index (χ4n) is 1.64.